The van der Waals surface area contributed by atoms with Crippen LogP contribution in [0.5, 0.6) is 0 Å². The molecule has 2 rings (SSSR count). The summed E-state index contributed by atoms with van der Waals surface area (Å²) < 4.78 is 51.6. The van der Waals surface area contributed by atoms with Gasteiger partial charge in [-0.2, -0.15) is 13.2 Å². The van der Waals surface area contributed by atoms with Gasteiger partial charge >= 0.3 is 6.18 Å². The molecule has 1 aromatic carbocycles. The lowest BCUT2D eigenvalue weighted by molar-refractivity contribution is -0.151. The predicted molar refractivity (Wildman–Crippen MR) is 76.1 cm³/mol. The molecule has 3 N–H and O–H groups in total. The number of nitrogens with one attached hydrogen (secondary N) is 1. The summed E-state index contributed by atoms with van der Waals surface area (Å²) in [6.45, 7) is -0.197. The van der Waals surface area contributed by atoms with Crippen molar-refractivity contribution in [1.82, 2.24) is 5.32 Å². The number of halogens is 5. The molecular weight excluding hydrogens is 346 g/mol. The monoisotopic (exact) mass is 355 g/mol. The predicted octanol–water partition coefficient (Wildman–Crippen LogP) is 2.46. The zero-order valence-electron chi connectivity index (χ0n) is 10.8. The molecule has 2 unspecified atom stereocenters. The van der Waals surface area contributed by atoms with Crippen LogP contribution in [-0.2, 0) is 11.3 Å². The smallest absolute Gasteiger partial charge is 0.379 e. The van der Waals surface area contributed by atoms with Crippen LogP contribution in [-0.4, -0.2) is 28.5 Å². The van der Waals surface area contributed by atoms with Crippen LogP contribution in [0.3, 0.4) is 0 Å². The van der Waals surface area contributed by atoms with E-state index in [0.29, 0.717) is 11.8 Å². The van der Waals surface area contributed by atoms with E-state index in [2.05, 4.69) is 10.3 Å². The van der Waals surface area contributed by atoms with Crippen LogP contribution in [0.15, 0.2) is 23.2 Å². The van der Waals surface area contributed by atoms with Gasteiger partial charge in [0.1, 0.15) is 11.1 Å². The van der Waals surface area contributed by atoms with Crippen molar-refractivity contribution in [1.29, 1.82) is 0 Å². The number of rotatable bonds is 3. The SMILES string of the molecule is NC1=NC(C(F)(F)F)C(C(=O)NCc2cccc(F)c2Cl)S1. The van der Waals surface area contributed by atoms with Crippen LogP contribution in [0.2, 0.25) is 5.02 Å². The number of carbonyl (C=O) groups excluding carboxylic acids is 1. The van der Waals surface area contributed by atoms with Gasteiger partial charge in [-0.3, -0.25) is 4.79 Å². The van der Waals surface area contributed by atoms with E-state index in [1.54, 1.807) is 0 Å². The molecule has 0 saturated carbocycles. The summed E-state index contributed by atoms with van der Waals surface area (Å²) in [5.41, 5.74) is 5.52. The number of nitrogens with two attached hydrogens (primary N) is 1. The number of carbonyl (C=O) groups is 1. The molecule has 4 nitrogen and oxygen atoms in total. The topological polar surface area (TPSA) is 67.5 Å². The summed E-state index contributed by atoms with van der Waals surface area (Å²) in [6, 6.07) is 1.78. The molecule has 120 valence electrons. The first-order chi connectivity index (χ1) is 10.2. The van der Waals surface area contributed by atoms with Crippen LogP contribution in [0.4, 0.5) is 17.6 Å². The number of nitrogens with zero attached hydrogens (tertiary/aromatic N) is 1. The molecule has 1 aliphatic rings. The maximum atomic E-state index is 13.2. The molecule has 1 aromatic rings. The maximum absolute atomic E-state index is 13.2. The van der Waals surface area contributed by atoms with Crippen molar-refractivity contribution in [2.24, 2.45) is 10.7 Å². The van der Waals surface area contributed by atoms with Crippen LogP contribution in [0, 0.1) is 5.82 Å². The highest BCUT2D eigenvalue weighted by Gasteiger charge is 2.51. The number of alkyl halides is 3. The highest BCUT2D eigenvalue weighted by molar-refractivity contribution is 8.15. The van der Waals surface area contributed by atoms with Crippen molar-refractivity contribution in [2.75, 3.05) is 0 Å². The number of amides is 1. The average molecular weight is 356 g/mol. The normalized spacial score (nSPS) is 21.6. The van der Waals surface area contributed by atoms with E-state index in [0.717, 1.165) is 6.07 Å². The second-order valence-electron chi connectivity index (χ2n) is 4.42. The van der Waals surface area contributed by atoms with Gasteiger partial charge in [0.15, 0.2) is 11.2 Å². The Morgan fingerprint density at radius 1 is 1.45 bits per heavy atom. The molecule has 2 atom stereocenters. The van der Waals surface area contributed by atoms with Gasteiger partial charge in [-0.15, -0.1) is 0 Å². The molecule has 0 aromatic heterocycles. The quantitative estimate of drug-likeness (QED) is 0.818. The number of hydrogen-bond acceptors (Lipinski definition) is 4. The molecule has 0 bridgehead atoms. The van der Waals surface area contributed by atoms with Gasteiger partial charge in [0.25, 0.3) is 0 Å². The highest BCUT2D eigenvalue weighted by Crippen LogP contribution is 2.36. The summed E-state index contributed by atoms with van der Waals surface area (Å²) >= 11 is 6.25. The number of hydrogen-bond donors (Lipinski definition) is 2. The lowest BCUT2D eigenvalue weighted by Crippen LogP contribution is -2.44. The Kier molecular flexibility index (Phi) is 4.86. The Morgan fingerprint density at radius 3 is 2.77 bits per heavy atom. The first-order valence-electron chi connectivity index (χ1n) is 5.97. The molecule has 0 spiro atoms. The minimum absolute atomic E-state index is 0.190. The van der Waals surface area contributed by atoms with E-state index in [1.807, 2.05) is 0 Å². The molecule has 0 saturated heterocycles. The van der Waals surface area contributed by atoms with E-state index in [9.17, 15) is 22.4 Å². The Labute approximate surface area is 132 Å². The Morgan fingerprint density at radius 2 is 2.14 bits per heavy atom. The Bertz CT molecular complexity index is 623. The largest absolute Gasteiger partial charge is 0.412 e. The van der Waals surface area contributed by atoms with Gasteiger partial charge in [0.05, 0.1) is 5.02 Å². The molecule has 1 amide bonds. The Hall–Kier alpha value is -1.48. The second-order valence-corrected chi connectivity index (χ2v) is 5.96. The first kappa shape index (κ1) is 16.9. The van der Waals surface area contributed by atoms with Gasteiger partial charge in [-0.1, -0.05) is 35.5 Å². The number of aliphatic imine (C=N–C) groups is 1. The molecule has 10 heteroatoms. The maximum Gasteiger partial charge on any atom is 0.412 e. The number of benzene rings is 1. The Balaban J connectivity index is 2.05. The molecular formula is C12H10ClF4N3OS. The zero-order chi connectivity index (χ0) is 16.5. The van der Waals surface area contributed by atoms with Crippen molar-refractivity contribution in [3.8, 4) is 0 Å². The van der Waals surface area contributed by atoms with Crippen LogP contribution < -0.4 is 11.1 Å². The summed E-state index contributed by atoms with van der Waals surface area (Å²) in [6.07, 6.45) is -4.67. The van der Waals surface area contributed by atoms with E-state index in [-0.39, 0.29) is 22.3 Å². The third-order valence-electron chi connectivity index (χ3n) is 2.88. The molecule has 0 radical (unpaired) electrons. The summed E-state index contributed by atoms with van der Waals surface area (Å²) in [5, 5.41) is 0.295. The summed E-state index contributed by atoms with van der Waals surface area (Å²) in [4.78, 5) is 15.2. The van der Waals surface area contributed by atoms with E-state index >= 15 is 0 Å². The average Bonchev–Trinajstić information content (AvgIpc) is 2.82. The van der Waals surface area contributed by atoms with Crippen LogP contribution in [0.25, 0.3) is 0 Å². The lowest BCUT2D eigenvalue weighted by atomic mass is 10.1. The van der Waals surface area contributed by atoms with Crippen molar-refractivity contribution in [2.45, 2.75) is 24.0 Å². The first-order valence-corrected chi connectivity index (χ1v) is 7.23. The van der Waals surface area contributed by atoms with Gasteiger partial charge in [-0.25, -0.2) is 9.38 Å². The molecule has 0 aliphatic carbocycles. The van der Waals surface area contributed by atoms with Crippen LogP contribution in [0.1, 0.15) is 5.56 Å². The van der Waals surface area contributed by atoms with Crippen LogP contribution >= 0.6 is 23.4 Å². The molecule has 1 heterocycles. The number of amidine groups is 1. The zero-order valence-corrected chi connectivity index (χ0v) is 12.4. The standard InChI is InChI=1S/C12H10ClF4N3OS/c13-7-5(2-1-3-6(7)14)4-19-10(21)8-9(12(15,16)17)20-11(18)22-8/h1-3,8-9H,4H2,(H2,18,20)(H,19,21). The van der Waals surface area contributed by atoms with Crippen molar-refractivity contribution >= 4 is 34.4 Å². The van der Waals surface area contributed by atoms with Crippen molar-refractivity contribution in [3.05, 3.63) is 34.6 Å². The fourth-order valence-corrected chi connectivity index (χ4v) is 3.00. The van der Waals surface area contributed by atoms with Gasteiger partial charge in [0, 0.05) is 6.54 Å². The molecule has 0 fully saturated rings. The minimum Gasteiger partial charge on any atom is -0.379 e. The minimum atomic E-state index is -4.67. The van der Waals surface area contributed by atoms with E-state index in [1.165, 1.54) is 12.1 Å². The summed E-state index contributed by atoms with van der Waals surface area (Å²) in [7, 11) is 0. The third kappa shape index (κ3) is 3.64. The number of thioether (sulfide) groups is 1. The molecule has 1 aliphatic heterocycles. The fourth-order valence-electron chi connectivity index (χ4n) is 1.84. The summed E-state index contributed by atoms with van der Waals surface area (Å²) in [5.74, 6) is -1.57. The van der Waals surface area contributed by atoms with Crippen molar-refractivity contribution in [3.63, 3.8) is 0 Å². The van der Waals surface area contributed by atoms with Gasteiger partial charge in [-0.05, 0) is 11.6 Å². The van der Waals surface area contributed by atoms with Gasteiger partial charge < -0.3 is 11.1 Å². The highest BCUT2D eigenvalue weighted by atomic mass is 35.5. The lowest BCUT2D eigenvalue weighted by Gasteiger charge is -2.19. The third-order valence-corrected chi connectivity index (χ3v) is 4.38. The second kappa shape index (κ2) is 6.33. The van der Waals surface area contributed by atoms with Crippen molar-refractivity contribution < 1.29 is 22.4 Å². The fraction of sp³-hybridized carbons (Fsp3) is 0.333. The van der Waals surface area contributed by atoms with Gasteiger partial charge in [0.2, 0.25) is 5.91 Å². The van der Waals surface area contributed by atoms with E-state index in [4.69, 9.17) is 17.3 Å². The van der Waals surface area contributed by atoms with E-state index < -0.39 is 29.2 Å². The molecule has 22 heavy (non-hydrogen) atoms.